The molecule has 0 aromatic heterocycles. The predicted molar refractivity (Wildman–Crippen MR) is 58.3 cm³/mol. The van der Waals surface area contributed by atoms with Gasteiger partial charge in [-0.3, -0.25) is 9.59 Å². The van der Waals surface area contributed by atoms with Gasteiger partial charge >= 0.3 is 0 Å². The second kappa shape index (κ2) is 4.72. The molecule has 1 fully saturated rings. The van der Waals surface area contributed by atoms with Crippen LogP contribution in [0.15, 0.2) is 12.1 Å². The van der Waals surface area contributed by atoms with E-state index in [0.29, 0.717) is 0 Å². The van der Waals surface area contributed by atoms with Crippen molar-refractivity contribution in [3.8, 4) is 5.75 Å². The van der Waals surface area contributed by atoms with Gasteiger partial charge in [0.1, 0.15) is 17.4 Å². The zero-order chi connectivity index (χ0) is 13.3. The number of piperidine rings is 1. The summed E-state index contributed by atoms with van der Waals surface area (Å²) in [7, 11) is 1.29. The van der Waals surface area contributed by atoms with Gasteiger partial charge in [-0.05, 0) is 0 Å². The Balaban J connectivity index is 2.39. The van der Waals surface area contributed by atoms with Crippen LogP contribution < -0.4 is 10.1 Å². The molecular weight excluding hydrogens is 244 g/mol. The molecule has 0 radical (unpaired) electrons. The molecule has 1 atom stereocenters. The normalized spacial score (nSPS) is 19.6. The van der Waals surface area contributed by atoms with Gasteiger partial charge < -0.3 is 10.1 Å². The first-order valence-electron chi connectivity index (χ1n) is 5.35. The average Bonchev–Trinajstić information content (AvgIpc) is 2.30. The minimum Gasteiger partial charge on any atom is -0.497 e. The van der Waals surface area contributed by atoms with Crippen LogP contribution >= 0.6 is 0 Å². The molecule has 1 unspecified atom stereocenters. The van der Waals surface area contributed by atoms with Crippen LogP contribution in [-0.2, 0) is 9.59 Å². The van der Waals surface area contributed by atoms with Gasteiger partial charge in [0, 0.05) is 24.2 Å². The van der Waals surface area contributed by atoms with Crippen LogP contribution in [0.3, 0.4) is 0 Å². The molecule has 1 aromatic rings. The molecule has 1 amide bonds. The van der Waals surface area contributed by atoms with E-state index in [-0.39, 0.29) is 24.3 Å². The molecule has 1 N–H and O–H groups in total. The van der Waals surface area contributed by atoms with Gasteiger partial charge in [-0.2, -0.15) is 0 Å². The Bertz CT molecular complexity index is 493. The minimum absolute atomic E-state index is 0.0426. The van der Waals surface area contributed by atoms with Crippen LogP contribution in [0.2, 0.25) is 0 Å². The van der Waals surface area contributed by atoms with Gasteiger partial charge in [-0.1, -0.05) is 0 Å². The van der Waals surface area contributed by atoms with Gasteiger partial charge in [-0.25, -0.2) is 8.78 Å². The number of benzene rings is 1. The lowest BCUT2D eigenvalue weighted by Gasteiger charge is -2.22. The van der Waals surface area contributed by atoms with Crippen molar-refractivity contribution < 1.29 is 23.1 Å². The predicted octanol–water partition coefficient (Wildman–Crippen LogP) is 1.15. The summed E-state index contributed by atoms with van der Waals surface area (Å²) < 4.78 is 32.3. The Morgan fingerprint density at radius 1 is 1.28 bits per heavy atom. The molecule has 0 aliphatic carbocycles. The molecule has 1 aliphatic rings. The summed E-state index contributed by atoms with van der Waals surface area (Å²) in [6.07, 6.45) is -0.352. The van der Waals surface area contributed by atoms with Crippen LogP contribution in [0.5, 0.6) is 5.75 Å². The molecule has 6 heteroatoms. The summed E-state index contributed by atoms with van der Waals surface area (Å²) in [4.78, 5) is 22.6. The highest BCUT2D eigenvalue weighted by atomic mass is 19.1. The number of halogens is 2. The number of carbonyl (C=O) groups is 2. The molecule has 96 valence electrons. The molecule has 4 nitrogen and oxygen atoms in total. The number of hydrogen-bond acceptors (Lipinski definition) is 3. The summed E-state index contributed by atoms with van der Waals surface area (Å²) >= 11 is 0. The Labute approximate surface area is 102 Å². The maximum absolute atomic E-state index is 13.8. The number of ketones is 1. The molecule has 1 aromatic carbocycles. The second-order valence-electron chi connectivity index (χ2n) is 4.00. The number of rotatable bonds is 2. The lowest BCUT2D eigenvalue weighted by atomic mass is 9.89. The van der Waals surface area contributed by atoms with Gasteiger partial charge in [0.25, 0.3) is 0 Å². The van der Waals surface area contributed by atoms with Crippen molar-refractivity contribution in [2.24, 2.45) is 0 Å². The summed E-state index contributed by atoms with van der Waals surface area (Å²) in [6.45, 7) is -0.0855. The zero-order valence-electron chi connectivity index (χ0n) is 9.63. The van der Waals surface area contributed by atoms with Gasteiger partial charge in [0.2, 0.25) is 5.91 Å². The molecule has 0 bridgehead atoms. The number of ether oxygens (including phenoxy) is 1. The fourth-order valence-electron chi connectivity index (χ4n) is 1.95. The van der Waals surface area contributed by atoms with E-state index in [1.807, 2.05) is 0 Å². The SMILES string of the molecule is COc1cc(F)c(C2CNC(=O)CC2=O)c(F)c1. The van der Waals surface area contributed by atoms with Gasteiger partial charge in [-0.15, -0.1) is 0 Å². The molecule has 0 spiro atoms. The highest BCUT2D eigenvalue weighted by molar-refractivity contribution is 6.03. The fraction of sp³-hybridized carbons (Fsp3) is 0.333. The first kappa shape index (κ1) is 12.5. The Kier molecular flexibility index (Phi) is 3.27. The lowest BCUT2D eigenvalue weighted by Crippen LogP contribution is -2.40. The molecule has 2 rings (SSSR count). The van der Waals surface area contributed by atoms with Crippen LogP contribution in [0.4, 0.5) is 8.78 Å². The first-order chi connectivity index (χ1) is 8.52. The molecule has 1 saturated heterocycles. The smallest absolute Gasteiger partial charge is 0.227 e. The maximum Gasteiger partial charge on any atom is 0.227 e. The second-order valence-corrected chi connectivity index (χ2v) is 4.00. The van der Waals surface area contributed by atoms with Crippen LogP contribution in [-0.4, -0.2) is 25.3 Å². The standard InChI is InChI=1S/C12H11F2NO3/c1-18-6-2-8(13)12(9(14)3-6)7-5-15-11(17)4-10(7)16/h2-3,7H,4-5H2,1H3,(H,15,17). The zero-order valence-corrected chi connectivity index (χ0v) is 9.63. The third kappa shape index (κ3) is 2.18. The monoisotopic (exact) mass is 255 g/mol. The van der Waals surface area contributed by atoms with Crippen molar-refractivity contribution in [3.05, 3.63) is 29.3 Å². The van der Waals surface area contributed by atoms with Gasteiger partial charge in [0.15, 0.2) is 5.78 Å². The Morgan fingerprint density at radius 2 is 1.89 bits per heavy atom. The van der Waals surface area contributed by atoms with E-state index in [2.05, 4.69) is 5.32 Å². The van der Waals surface area contributed by atoms with Crippen molar-refractivity contribution in [2.75, 3.05) is 13.7 Å². The number of methoxy groups -OCH3 is 1. The number of amides is 1. The van der Waals surface area contributed by atoms with Crippen molar-refractivity contribution >= 4 is 11.7 Å². The highest BCUT2D eigenvalue weighted by Crippen LogP contribution is 2.29. The summed E-state index contributed by atoms with van der Waals surface area (Å²) in [6, 6.07) is 2.03. The lowest BCUT2D eigenvalue weighted by molar-refractivity contribution is -0.131. The summed E-state index contributed by atoms with van der Waals surface area (Å²) in [5.41, 5.74) is -0.319. The Hall–Kier alpha value is -1.98. The summed E-state index contributed by atoms with van der Waals surface area (Å²) in [5.74, 6) is -3.54. The number of hydrogen-bond donors (Lipinski definition) is 1. The Morgan fingerprint density at radius 3 is 2.39 bits per heavy atom. The third-order valence-electron chi connectivity index (χ3n) is 2.86. The van der Waals surface area contributed by atoms with Crippen LogP contribution in [0.1, 0.15) is 17.9 Å². The highest BCUT2D eigenvalue weighted by Gasteiger charge is 2.32. The number of nitrogens with one attached hydrogen (secondary N) is 1. The van der Waals surface area contributed by atoms with Crippen LogP contribution in [0, 0.1) is 11.6 Å². The quantitative estimate of drug-likeness (QED) is 0.806. The van der Waals surface area contributed by atoms with E-state index in [4.69, 9.17) is 4.74 Å². The number of Topliss-reactive ketones (excluding diaryl/α,β-unsaturated/α-hetero) is 1. The van der Waals surface area contributed by atoms with Crippen molar-refractivity contribution in [1.82, 2.24) is 5.32 Å². The molecule has 0 saturated carbocycles. The van der Waals surface area contributed by atoms with E-state index in [0.717, 1.165) is 12.1 Å². The maximum atomic E-state index is 13.8. The van der Waals surface area contributed by atoms with Gasteiger partial charge in [0.05, 0.1) is 19.4 Å². The molecule has 1 heterocycles. The largest absolute Gasteiger partial charge is 0.497 e. The molecule has 1 aliphatic heterocycles. The minimum atomic E-state index is -0.978. The van der Waals surface area contributed by atoms with Crippen molar-refractivity contribution in [2.45, 2.75) is 12.3 Å². The van der Waals surface area contributed by atoms with E-state index in [1.54, 1.807) is 0 Å². The van der Waals surface area contributed by atoms with Crippen LogP contribution in [0.25, 0.3) is 0 Å². The first-order valence-corrected chi connectivity index (χ1v) is 5.35. The van der Waals surface area contributed by atoms with E-state index in [9.17, 15) is 18.4 Å². The van der Waals surface area contributed by atoms with Crippen molar-refractivity contribution in [3.63, 3.8) is 0 Å². The number of carbonyl (C=O) groups excluding carboxylic acids is 2. The third-order valence-corrected chi connectivity index (χ3v) is 2.86. The molecule has 18 heavy (non-hydrogen) atoms. The summed E-state index contributed by atoms with van der Waals surface area (Å²) in [5, 5.41) is 2.42. The van der Waals surface area contributed by atoms with E-state index >= 15 is 0 Å². The molecular formula is C12H11F2NO3. The average molecular weight is 255 g/mol. The van der Waals surface area contributed by atoms with Crippen molar-refractivity contribution in [1.29, 1.82) is 0 Å². The fourth-order valence-corrected chi connectivity index (χ4v) is 1.95. The van der Waals surface area contributed by atoms with E-state index in [1.165, 1.54) is 7.11 Å². The topological polar surface area (TPSA) is 55.4 Å². The van der Waals surface area contributed by atoms with E-state index < -0.39 is 29.2 Å².